The Labute approximate surface area is 158 Å². The van der Waals surface area contributed by atoms with Crippen molar-refractivity contribution >= 4 is 17.6 Å². The highest BCUT2D eigenvalue weighted by atomic mass is 16.5. The first-order valence-corrected chi connectivity index (χ1v) is 8.71. The lowest BCUT2D eigenvalue weighted by atomic mass is 9.96. The van der Waals surface area contributed by atoms with Crippen LogP contribution in [0.15, 0.2) is 28.8 Å². The Morgan fingerprint density at radius 2 is 1.89 bits per heavy atom. The zero-order chi connectivity index (χ0) is 20.0. The number of rotatable bonds is 8. The monoisotopic (exact) mass is 375 g/mol. The van der Waals surface area contributed by atoms with Gasteiger partial charge in [-0.3, -0.25) is 4.79 Å². The van der Waals surface area contributed by atoms with Gasteiger partial charge in [-0.05, 0) is 30.7 Å². The molecular formula is C19H25N3O5. The van der Waals surface area contributed by atoms with Crippen molar-refractivity contribution < 1.29 is 24.0 Å². The molecule has 0 aliphatic rings. The van der Waals surface area contributed by atoms with Crippen LogP contribution in [0.2, 0.25) is 0 Å². The minimum absolute atomic E-state index is 0.0373. The molecule has 0 atom stereocenters. The molecule has 1 N–H and O–H groups in total. The molecule has 2 rings (SSSR count). The molecule has 0 saturated carbocycles. The molecule has 0 fully saturated rings. The summed E-state index contributed by atoms with van der Waals surface area (Å²) in [5, 5.41) is 12.6. The van der Waals surface area contributed by atoms with Gasteiger partial charge in [0.25, 0.3) is 0 Å². The molecule has 8 heteroatoms. The highest BCUT2D eigenvalue weighted by molar-refractivity contribution is 5.92. The zero-order valence-electron chi connectivity index (χ0n) is 16.1. The number of aliphatic carboxylic acids is 1. The van der Waals surface area contributed by atoms with Gasteiger partial charge in [-0.25, -0.2) is 4.79 Å². The minimum atomic E-state index is -1.04. The SMILES string of the molecule is CN(C(=O)CCCc1nc(C(C)(C)C)no1)c1ccc(OCC(=O)O)cc1. The van der Waals surface area contributed by atoms with Crippen LogP contribution >= 0.6 is 0 Å². The Kier molecular flexibility index (Phi) is 6.55. The smallest absolute Gasteiger partial charge is 0.341 e. The topological polar surface area (TPSA) is 106 Å². The maximum absolute atomic E-state index is 12.3. The molecule has 1 aromatic carbocycles. The Morgan fingerprint density at radius 3 is 2.44 bits per heavy atom. The fourth-order valence-corrected chi connectivity index (χ4v) is 2.27. The summed E-state index contributed by atoms with van der Waals surface area (Å²) in [6, 6.07) is 6.69. The average Bonchev–Trinajstić information content (AvgIpc) is 3.09. The van der Waals surface area contributed by atoms with E-state index in [1.165, 1.54) is 0 Å². The van der Waals surface area contributed by atoms with Crippen molar-refractivity contribution in [3.8, 4) is 5.75 Å². The predicted octanol–water partition coefficient (Wildman–Crippen LogP) is 2.82. The second kappa shape index (κ2) is 8.66. The molecule has 146 valence electrons. The minimum Gasteiger partial charge on any atom is -0.482 e. The Morgan fingerprint density at radius 1 is 1.22 bits per heavy atom. The van der Waals surface area contributed by atoms with Gasteiger partial charge in [0.05, 0.1) is 0 Å². The van der Waals surface area contributed by atoms with Crippen LogP contribution in [0, 0.1) is 0 Å². The van der Waals surface area contributed by atoms with Gasteiger partial charge in [0.15, 0.2) is 12.4 Å². The summed E-state index contributed by atoms with van der Waals surface area (Å²) in [4.78, 5) is 28.8. The Balaban J connectivity index is 1.83. The predicted molar refractivity (Wildman–Crippen MR) is 98.9 cm³/mol. The highest BCUT2D eigenvalue weighted by Gasteiger charge is 2.21. The van der Waals surface area contributed by atoms with Crippen molar-refractivity contribution in [3.05, 3.63) is 36.0 Å². The number of carbonyl (C=O) groups is 2. The maximum atomic E-state index is 12.3. The third-order valence-electron chi connectivity index (χ3n) is 3.88. The van der Waals surface area contributed by atoms with Gasteiger partial charge >= 0.3 is 5.97 Å². The summed E-state index contributed by atoms with van der Waals surface area (Å²) >= 11 is 0. The Hall–Kier alpha value is -2.90. The van der Waals surface area contributed by atoms with Crippen LogP contribution in [0.4, 0.5) is 5.69 Å². The number of nitrogens with zero attached hydrogens (tertiary/aromatic N) is 3. The van der Waals surface area contributed by atoms with Crippen LogP contribution in [0.1, 0.15) is 45.3 Å². The van der Waals surface area contributed by atoms with Crippen LogP contribution < -0.4 is 9.64 Å². The van der Waals surface area contributed by atoms with Crippen molar-refractivity contribution in [2.24, 2.45) is 0 Å². The molecule has 0 unspecified atom stereocenters. The number of carboxylic acids is 1. The fraction of sp³-hybridized carbons (Fsp3) is 0.474. The number of hydrogen-bond acceptors (Lipinski definition) is 6. The van der Waals surface area contributed by atoms with Gasteiger partial charge in [0.1, 0.15) is 5.75 Å². The molecule has 0 bridgehead atoms. The van der Waals surface area contributed by atoms with E-state index < -0.39 is 12.6 Å². The van der Waals surface area contributed by atoms with E-state index in [4.69, 9.17) is 14.4 Å². The van der Waals surface area contributed by atoms with E-state index >= 15 is 0 Å². The third kappa shape index (κ3) is 6.09. The number of carbonyl (C=O) groups excluding carboxylic acids is 1. The van der Waals surface area contributed by atoms with E-state index in [2.05, 4.69) is 10.1 Å². The normalized spacial score (nSPS) is 11.3. The van der Waals surface area contributed by atoms with E-state index in [1.807, 2.05) is 20.8 Å². The summed E-state index contributed by atoms with van der Waals surface area (Å²) in [5.74, 6) is 0.557. The largest absolute Gasteiger partial charge is 0.482 e. The first-order valence-electron chi connectivity index (χ1n) is 8.71. The van der Waals surface area contributed by atoms with Crippen LogP contribution in [0.5, 0.6) is 5.75 Å². The Bertz CT molecular complexity index is 777. The van der Waals surface area contributed by atoms with Crippen molar-refractivity contribution in [3.63, 3.8) is 0 Å². The number of amides is 1. The molecule has 0 aliphatic carbocycles. The first kappa shape index (κ1) is 20.4. The lowest BCUT2D eigenvalue weighted by Gasteiger charge is -2.17. The van der Waals surface area contributed by atoms with Gasteiger partial charge in [0, 0.05) is 31.0 Å². The van der Waals surface area contributed by atoms with E-state index in [1.54, 1.807) is 36.2 Å². The quantitative estimate of drug-likeness (QED) is 0.756. The summed E-state index contributed by atoms with van der Waals surface area (Å²) < 4.78 is 10.3. The number of aromatic nitrogens is 2. The molecule has 0 aliphatic heterocycles. The maximum Gasteiger partial charge on any atom is 0.341 e. The average molecular weight is 375 g/mol. The van der Waals surface area contributed by atoms with Crippen molar-refractivity contribution in [2.75, 3.05) is 18.6 Å². The molecule has 27 heavy (non-hydrogen) atoms. The van der Waals surface area contributed by atoms with Gasteiger partial charge < -0.3 is 19.3 Å². The van der Waals surface area contributed by atoms with E-state index in [0.29, 0.717) is 42.4 Å². The number of carboxylic acid groups (broad SMARTS) is 1. The van der Waals surface area contributed by atoms with Gasteiger partial charge in [-0.1, -0.05) is 25.9 Å². The summed E-state index contributed by atoms with van der Waals surface area (Å²) in [5.41, 5.74) is 0.536. The van der Waals surface area contributed by atoms with E-state index in [0.717, 1.165) is 0 Å². The van der Waals surface area contributed by atoms with Crippen molar-refractivity contribution in [2.45, 2.75) is 45.4 Å². The number of ether oxygens (including phenoxy) is 1. The summed E-state index contributed by atoms with van der Waals surface area (Å²) in [7, 11) is 1.69. The van der Waals surface area contributed by atoms with Crippen LogP contribution in [-0.2, 0) is 21.4 Å². The second-order valence-electron chi connectivity index (χ2n) is 7.24. The van der Waals surface area contributed by atoms with Gasteiger partial charge in [0.2, 0.25) is 11.8 Å². The molecule has 1 aromatic heterocycles. The summed E-state index contributed by atoms with van der Waals surface area (Å²) in [6.45, 7) is 5.63. The first-order chi connectivity index (χ1) is 12.7. The molecule has 1 amide bonds. The van der Waals surface area contributed by atoms with E-state index in [-0.39, 0.29) is 11.3 Å². The fourth-order valence-electron chi connectivity index (χ4n) is 2.27. The standard InChI is InChI=1S/C19H25N3O5/c1-19(2,3)18-20-15(27-21-18)6-5-7-16(23)22(4)13-8-10-14(11-9-13)26-12-17(24)25/h8-11H,5-7,12H2,1-4H3,(H,24,25). The highest BCUT2D eigenvalue weighted by Crippen LogP contribution is 2.21. The molecule has 2 aromatic rings. The summed E-state index contributed by atoms with van der Waals surface area (Å²) in [6.07, 6.45) is 1.50. The second-order valence-corrected chi connectivity index (χ2v) is 7.24. The lowest BCUT2D eigenvalue weighted by Crippen LogP contribution is -2.25. The molecule has 0 radical (unpaired) electrons. The van der Waals surface area contributed by atoms with E-state index in [9.17, 15) is 9.59 Å². The van der Waals surface area contributed by atoms with Crippen LogP contribution in [0.25, 0.3) is 0 Å². The number of benzene rings is 1. The van der Waals surface area contributed by atoms with Gasteiger partial charge in [-0.15, -0.1) is 0 Å². The molecule has 1 heterocycles. The molecule has 8 nitrogen and oxygen atoms in total. The van der Waals surface area contributed by atoms with Crippen LogP contribution in [0.3, 0.4) is 0 Å². The molecule has 0 saturated heterocycles. The van der Waals surface area contributed by atoms with Crippen LogP contribution in [-0.4, -0.2) is 40.8 Å². The third-order valence-corrected chi connectivity index (χ3v) is 3.88. The number of hydrogen-bond donors (Lipinski definition) is 1. The number of anilines is 1. The molecule has 0 spiro atoms. The van der Waals surface area contributed by atoms with Crippen molar-refractivity contribution in [1.82, 2.24) is 10.1 Å². The zero-order valence-corrected chi connectivity index (χ0v) is 16.1. The number of aryl methyl sites for hydroxylation is 1. The van der Waals surface area contributed by atoms with Gasteiger partial charge in [-0.2, -0.15) is 4.98 Å². The lowest BCUT2D eigenvalue weighted by molar-refractivity contribution is -0.139. The van der Waals surface area contributed by atoms with Crippen molar-refractivity contribution in [1.29, 1.82) is 0 Å². The molecular weight excluding hydrogens is 350 g/mol.